The number of rotatable bonds is 5. The predicted octanol–water partition coefficient (Wildman–Crippen LogP) is 4.31. The van der Waals surface area contributed by atoms with Crippen LogP contribution in [0.2, 0.25) is 0 Å². The highest BCUT2D eigenvalue weighted by molar-refractivity contribution is 7.85. The molecule has 5 rings (SSSR count). The lowest BCUT2D eigenvalue weighted by atomic mass is 10.0. The molecule has 0 saturated carbocycles. The van der Waals surface area contributed by atoms with E-state index in [1.807, 2.05) is 19.1 Å². The van der Waals surface area contributed by atoms with E-state index in [2.05, 4.69) is 32.2 Å². The molecule has 0 radical (unpaired) electrons. The summed E-state index contributed by atoms with van der Waals surface area (Å²) in [5.41, 5.74) is 3.33. The van der Waals surface area contributed by atoms with Crippen molar-refractivity contribution in [3.05, 3.63) is 48.0 Å². The summed E-state index contributed by atoms with van der Waals surface area (Å²) < 4.78 is 36.2. The summed E-state index contributed by atoms with van der Waals surface area (Å²) >= 11 is 0. The number of hydrogen-bond acceptors (Lipinski definition) is 7. The summed E-state index contributed by atoms with van der Waals surface area (Å²) in [6.07, 6.45) is 5.51. The van der Waals surface area contributed by atoms with Gasteiger partial charge in [0, 0.05) is 11.5 Å². The lowest BCUT2D eigenvalue weighted by Gasteiger charge is -2.20. The molecule has 2 aliphatic heterocycles. The fourth-order valence-corrected chi connectivity index (χ4v) is 4.78. The zero-order valence-corrected chi connectivity index (χ0v) is 19.0. The highest BCUT2D eigenvalue weighted by Gasteiger charge is 2.43. The first kappa shape index (κ1) is 21.2. The SMILES string of the molecule is Cc1cc(N=S(C)C)cc2ncnc(Nc3ccc(F)cc3O[C@@H]3COC4COCC43)c12. The van der Waals surface area contributed by atoms with Crippen LogP contribution in [0.5, 0.6) is 5.75 Å². The third-order valence-electron chi connectivity index (χ3n) is 5.71. The maximum Gasteiger partial charge on any atom is 0.146 e. The summed E-state index contributed by atoms with van der Waals surface area (Å²) in [5, 5.41) is 4.22. The number of ether oxygens (including phenoxy) is 3. The number of aryl methyl sites for hydroxylation is 1. The van der Waals surface area contributed by atoms with Gasteiger partial charge in [0.2, 0.25) is 0 Å². The molecule has 1 N–H and O–H groups in total. The van der Waals surface area contributed by atoms with E-state index in [0.29, 0.717) is 37.1 Å². The molecule has 32 heavy (non-hydrogen) atoms. The predicted molar refractivity (Wildman–Crippen MR) is 124 cm³/mol. The molecule has 9 heteroatoms. The highest BCUT2D eigenvalue weighted by atomic mass is 32.2. The number of hydrogen-bond donors (Lipinski definition) is 1. The molecule has 3 atom stereocenters. The average Bonchev–Trinajstić information content (AvgIpc) is 3.34. The van der Waals surface area contributed by atoms with Crippen molar-refractivity contribution in [2.75, 3.05) is 37.6 Å². The summed E-state index contributed by atoms with van der Waals surface area (Å²) in [6.45, 7) is 3.65. The van der Waals surface area contributed by atoms with Crippen LogP contribution in [0.15, 0.2) is 41.0 Å². The van der Waals surface area contributed by atoms with E-state index >= 15 is 0 Å². The van der Waals surface area contributed by atoms with Crippen molar-refractivity contribution in [1.82, 2.24) is 9.97 Å². The molecule has 2 aromatic carbocycles. The monoisotopic (exact) mass is 456 g/mol. The molecule has 0 spiro atoms. The van der Waals surface area contributed by atoms with Gasteiger partial charge in [0.1, 0.15) is 29.8 Å². The molecule has 2 aliphatic rings. The minimum Gasteiger partial charge on any atom is -0.485 e. The minimum atomic E-state index is -0.367. The molecule has 2 unspecified atom stereocenters. The molecular formula is C23H25FN4O3S. The molecule has 3 aromatic rings. The van der Waals surface area contributed by atoms with Gasteiger partial charge in [-0.15, -0.1) is 10.7 Å². The largest absolute Gasteiger partial charge is 0.485 e. The summed E-state index contributed by atoms with van der Waals surface area (Å²) in [4.78, 5) is 8.90. The third kappa shape index (κ3) is 4.20. The van der Waals surface area contributed by atoms with Gasteiger partial charge in [-0.1, -0.05) is 0 Å². The Kier molecular flexibility index (Phi) is 5.79. The number of aromatic nitrogens is 2. The van der Waals surface area contributed by atoms with E-state index in [-0.39, 0.29) is 34.6 Å². The quantitative estimate of drug-likeness (QED) is 0.617. The zero-order chi connectivity index (χ0) is 22.2. The van der Waals surface area contributed by atoms with Crippen molar-refractivity contribution in [3.63, 3.8) is 0 Å². The van der Waals surface area contributed by atoms with Gasteiger partial charge in [-0.25, -0.2) is 18.7 Å². The molecule has 1 aromatic heterocycles. The van der Waals surface area contributed by atoms with E-state index in [1.165, 1.54) is 18.5 Å². The van der Waals surface area contributed by atoms with E-state index in [9.17, 15) is 4.39 Å². The van der Waals surface area contributed by atoms with Crippen LogP contribution in [0.4, 0.5) is 21.6 Å². The summed E-state index contributed by atoms with van der Waals surface area (Å²) in [7, 11) is -0.0699. The fraction of sp³-hybridized carbons (Fsp3) is 0.391. The molecule has 0 amide bonds. The van der Waals surface area contributed by atoms with Gasteiger partial charge in [-0.3, -0.25) is 0 Å². The van der Waals surface area contributed by atoms with Crippen LogP contribution in [-0.4, -0.2) is 54.5 Å². The van der Waals surface area contributed by atoms with Gasteiger partial charge in [0.05, 0.1) is 48.7 Å². The topological polar surface area (TPSA) is 77.9 Å². The Morgan fingerprint density at radius 3 is 2.88 bits per heavy atom. The molecular weight excluding hydrogens is 431 g/mol. The number of nitrogens with zero attached hydrogens (tertiary/aromatic N) is 3. The van der Waals surface area contributed by atoms with Crippen molar-refractivity contribution < 1.29 is 18.6 Å². The van der Waals surface area contributed by atoms with Gasteiger partial charge in [0.25, 0.3) is 0 Å². The van der Waals surface area contributed by atoms with Crippen LogP contribution in [0.1, 0.15) is 5.56 Å². The average molecular weight is 457 g/mol. The minimum absolute atomic E-state index is 0.0458. The Balaban J connectivity index is 1.48. The third-order valence-corrected chi connectivity index (χ3v) is 6.28. The van der Waals surface area contributed by atoms with Gasteiger partial charge in [-0.05, 0) is 49.3 Å². The Hall–Kier alpha value is -2.62. The Labute approximate surface area is 188 Å². The summed E-state index contributed by atoms with van der Waals surface area (Å²) in [6, 6.07) is 8.44. The fourth-order valence-electron chi connectivity index (χ4n) is 4.25. The zero-order valence-electron chi connectivity index (χ0n) is 18.2. The Bertz CT molecular complexity index is 1200. The summed E-state index contributed by atoms with van der Waals surface area (Å²) in [5.74, 6) is 0.834. The lowest BCUT2D eigenvalue weighted by molar-refractivity contribution is 0.0498. The first-order valence-corrected chi connectivity index (χ1v) is 12.4. The number of halogens is 1. The van der Waals surface area contributed by atoms with Crippen molar-refractivity contribution >= 4 is 38.8 Å². The number of anilines is 2. The Morgan fingerprint density at radius 2 is 2.03 bits per heavy atom. The molecule has 7 nitrogen and oxygen atoms in total. The molecule has 0 aliphatic carbocycles. The van der Waals surface area contributed by atoms with Gasteiger partial charge in [0.15, 0.2) is 0 Å². The second-order valence-electron chi connectivity index (χ2n) is 8.24. The van der Waals surface area contributed by atoms with E-state index in [0.717, 1.165) is 22.2 Å². The number of fused-ring (bicyclic) bond motifs is 2. The number of nitrogens with one attached hydrogen (secondary N) is 1. The first-order valence-electron chi connectivity index (χ1n) is 10.5. The lowest BCUT2D eigenvalue weighted by Crippen LogP contribution is -2.28. The highest BCUT2D eigenvalue weighted by Crippen LogP contribution is 2.36. The van der Waals surface area contributed by atoms with Gasteiger partial charge >= 0.3 is 0 Å². The van der Waals surface area contributed by atoms with Crippen molar-refractivity contribution in [3.8, 4) is 5.75 Å². The molecule has 2 saturated heterocycles. The van der Waals surface area contributed by atoms with Crippen LogP contribution in [0.3, 0.4) is 0 Å². The van der Waals surface area contributed by atoms with Crippen molar-refractivity contribution in [1.29, 1.82) is 0 Å². The van der Waals surface area contributed by atoms with E-state index < -0.39 is 0 Å². The maximum atomic E-state index is 14.1. The van der Waals surface area contributed by atoms with Crippen LogP contribution in [0.25, 0.3) is 10.9 Å². The molecule has 168 valence electrons. The maximum absolute atomic E-state index is 14.1. The van der Waals surface area contributed by atoms with Crippen LogP contribution in [-0.2, 0) is 20.2 Å². The van der Waals surface area contributed by atoms with Crippen molar-refractivity contribution in [2.45, 2.75) is 19.1 Å². The molecule has 2 fully saturated rings. The standard InChI is InChI=1S/C23H25FN4O3S/c1-13-6-15(28-32(2)3)8-18-22(13)23(26-12-25-18)27-17-5-4-14(24)7-19(17)31-21-11-30-20-10-29-9-16(20)21/h4-8,12,16,20-21H,9-11H2,1-3H3,(H,25,26,27)/t16?,20?,21-/m1/s1. The van der Waals surface area contributed by atoms with Crippen LogP contribution < -0.4 is 10.1 Å². The van der Waals surface area contributed by atoms with Crippen LogP contribution in [0, 0.1) is 18.7 Å². The first-order chi connectivity index (χ1) is 15.5. The van der Waals surface area contributed by atoms with E-state index in [1.54, 1.807) is 6.07 Å². The number of benzene rings is 2. The molecule has 0 bridgehead atoms. The second kappa shape index (κ2) is 8.73. The second-order valence-corrected chi connectivity index (χ2v) is 9.97. The smallest absolute Gasteiger partial charge is 0.146 e. The van der Waals surface area contributed by atoms with Crippen LogP contribution >= 0.6 is 0 Å². The van der Waals surface area contributed by atoms with Gasteiger partial charge in [-0.2, -0.15) is 0 Å². The van der Waals surface area contributed by atoms with Gasteiger partial charge < -0.3 is 19.5 Å². The van der Waals surface area contributed by atoms with Crippen molar-refractivity contribution in [2.24, 2.45) is 10.3 Å². The normalized spacial score (nSPS) is 22.3. The molecule has 3 heterocycles. The Morgan fingerprint density at radius 1 is 1.16 bits per heavy atom. The van der Waals surface area contributed by atoms with E-state index in [4.69, 9.17) is 14.2 Å².